The zero-order valence-electron chi connectivity index (χ0n) is 29.9. The Kier molecular flexibility index (Phi) is 11.2. The van der Waals surface area contributed by atoms with E-state index in [0.29, 0.717) is 52.7 Å². The van der Waals surface area contributed by atoms with Crippen molar-refractivity contribution >= 4 is 27.7 Å². The third kappa shape index (κ3) is 8.65. The molecule has 2 unspecified atom stereocenters. The first-order valence-corrected chi connectivity index (χ1v) is 17.4. The Labute approximate surface area is 329 Å². The molecular weight excluding hydrogens is 814 g/mol. The Morgan fingerprint density at radius 1 is 0.842 bits per heavy atom. The molecule has 8 N–H and O–H groups in total. The molecule has 2 aliphatic rings. The van der Waals surface area contributed by atoms with E-state index in [1.54, 1.807) is 21.4 Å². The topological polar surface area (TPSA) is 264 Å². The highest BCUT2D eigenvalue weighted by Gasteiger charge is 2.26. The molecule has 57 heavy (non-hydrogen) atoms. The molecule has 21 heteroatoms. The number of aromatic amines is 2. The average molecular weight is 846 g/mol. The van der Waals surface area contributed by atoms with Gasteiger partial charge in [0, 0.05) is 24.5 Å². The van der Waals surface area contributed by atoms with Crippen LogP contribution in [0.1, 0.15) is 52.0 Å². The number of fused-ring (bicyclic) bond motifs is 6. The predicted molar refractivity (Wildman–Crippen MR) is 199 cm³/mol. The normalized spacial score (nSPS) is 14.3. The summed E-state index contributed by atoms with van der Waals surface area (Å²) in [6, 6.07) is 5.55. The number of H-pyrrole nitrogens is 2. The number of benzene rings is 2. The second-order valence-corrected chi connectivity index (χ2v) is 13.4. The minimum absolute atomic E-state index is 0.0271. The Bertz CT molecular complexity index is 2570. The zero-order valence-corrected chi connectivity index (χ0v) is 31.5. The van der Waals surface area contributed by atoms with E-state index in [4.69, 9.17) is 27.4 Å². The van der Waals surface area contributed by atoms with E-state index in [1.807, 2.05) is 0 Å². The van der Waals surface area contributed by atoms with Gasteiger partial charge in [0.25, 0.3) is 11.8 Å². The highest BCUT2D eigenvalue weighted by molar-refractivity contribution is 9.10. The largest absolute Gasteiger partial charge is 0.491 e. The van der Waals surface area contributed by atoms with Gasteiger partial charge >= 0.3 is 0 Å². The molecule has 0 saturated heterocycles. The van der Waals surface area contributed by atoms with Crippen LogP contribution in [0.15, 0.2) is 53.8 Å². The Hall–Kier alpha value is -6.94. The SMILES string of the molecule is C#CC(C)(O)c1ncn[nH]1.CC(O)(C#Cc1cc2c(cc1F)OCCn1cc(C(N)=O)nc1-2)c1ncn[nH]1.NC(=O)c1cn2c(n1)-c1cc(Br)c(F)cc1OCC2. The molecular formula is C36H31BrF2N12O6. The third-order valence-corrected chi connectivity index (χ3v) is 8.89. The quantitative estimate of drug-likeness (QED) is 0.140. The van der Waals surface area contributed by atoms with Crippen LogP contribution in [0.4, 0.5) is 8.78 Å². The monoisotopic (exact) mass is 844 g/mol. The van der Waals surface area contributed by atoms with Crippen LogP contribution >= 0.6 is 15.9 Å². The number of halogens is 3. The minimum atomic E-state index is -1.65. The van der Waals surface area contributed by atoms with Crippen LogP contribution in [0.3, 0.4) is 0 Å². The molecule has 0 saturated carbocycles. The third-order valence-electron chi connectivity index (χ3n) is 8.28. The van der Waals surface area contributed by atoms with E-state index in [1.165, 1.54) is 50.9 Å². The number of aromatic nitrogens is 10. The van der Waals surface area contributed by atoms with Gasteiger partial charge in [-0.3, -0.25) is 19.8 Å². The van der Waals surface area contributed by atoms with Crippen molar-refractivity contribution in [3.8, 4) is 58.5 Å². The number of rotatable bonds is 4. The van der Waals surface area contributed by atoms with E-state index in [2.05, 4.69) is 74.0 Å². The van der Waals surface area contributed by atoms with Gasteiger partial charge in [-0.05, 0) is 41.9 Å². The summed E-state index contributed by atoms with van der Waals surface area (Å²) < 4.78 is 42.9. The van der Waals surface area contributed by atoms with Crippen molar-refractivity contribution in [1.29, 1.82) is 0 Å². The van der Waals surface area contributed by atoms with Gasteiger partial charge in [0.15, 0.2) is 22.9 Å². The van der Waals surface area contributed by atoms with Crippen LogP contribution in [0, 0.1) is 35.8 Å². The number of hydrogen-bond donors (Lipinski definition) is 6. The van der Waals surface area contributed by atoms with E-state index < -0.39 is 34.7 Å². The summed E-state index contributed by atoms with van der Waals surface area (Å²) in [5.41, 5.74) is 8.95. The van der Waals surface area contributed by atoms with Gasteiger partial charge in [0.05, 0.1) is 34.3 Å². The number of primary amides is 2. The summed E-state index contributed by atoms with van der Waals surface area (Å²) in [6.45, 7) is 4.47. The molecule has 18 nitrogen and oxygen atoms in total. The molecule has 4 aromatic heterocycles. The van der Waals surface area contributed by atoms with Gasteiger partial charge in [-0.2, -0.15) is 10.2 Å². The van der Waals surface area contributed by atoms with Crippen molar-refractivity contribution in [1.82, 2.24) is 49.5 Å². The molecule has 0 radical (unpaired) electrons. The summed E-state index contributed by atoms with van der Waals surface area (Å²) in [4.78, 5) is 38.6. The number of carbonyl (C=O) groups excluding carboxylic acids is 2. The highest BCUT2D eigenvalue weighted by atomic mass is 79.9. The molecule has 292 valence electrons. The van der Waals surface area contributed by atoms with E-state index in [9.17, 15) is 28.6 Å². The molecule has 6 heterocycles. The fourth-order valence-corrected chi connectivity index (χ4v) is 5.66. The van der Waals surface area contributed by atoms with Gasteiger partial charge in [-0.25, -0.2) is 28.7 Å². The van der Waals surface area contributed by atoms with Gasteiger partial charge in [0.2, 0.25) is 0 Å². The lowest BCUT2D eigenvalue weighted by atomic mass is 10.0. The van der Waals surface area contributed by atoms with Crippen molar-refractivity contribution < 1.29 is 38.1 Å². The summed E-state index contributed by atoms with van der Waals surface area (Å²) in [6.07, 6.45) is 10.6. The first-order valence-electron chi connectivity index (χ1n) is 16.6. The van der Waals surface area contributed by atoms with Crippen LogP contribution in [-0.4, -0.2) is 84.7 Å². The van der Waals surface area contributed by atoms with E-state index >= 15 is 0 Å². The smallest absolute Gasteiger partial charge is 0.268 e. The van der Waals surface area contributed by atoms with Crippen molar-refractivity contribution in [3.63, 3.8) is 0 Å². The number of terminal acetylenes is 1. The van der Waals surface area contributed by atoms with Crippen LogP contribution < -0.4 is 20.9 Å². The number of imidazole rings is 2. The summed E-state index contributed by atoms with van der Waals surface area (Å²) in [5.74, 6) is 7.17. The van der Waals surface area contributed by atoms with Crippen molar-refractivity contribution in [2.24, 2.45) is 11.5 Å². The van der Waals surface area contributed by atoms with Crippen molar-refractivity contribution in [2.75, 3.05) is 13.2 Å². The fraction of sp³-hybridized carbons (Fsp3) is 0.222. The summed E-state index contributed by atoms with van der Waals surface area (Å²) in [5, 5.41) is 31.9. The Balaban J connectivity index is 0.000000162. The van der Waals surface area contributed by atoms with Crippen molar-refractivity contribution in [3.05, 3.63) is 94.0 Å². The first-order chi connectivity index (χ1) is 27.1. The fourth-order valence-electron chi connectivity index (χ4n) is 5.31. The van der Waals surface area contributed by atoms with Crippen LogP contribution in [0.5, 0.6) is 11.5 Å². The average Bonchev–Trinajstić information content (AvgIpc) is 4.00. The number of nitrogens with two attached hydrogens (primary N) is 2. The summed E-state index contributed by atoms with van der Waals surface area (Å²) in [7, 11) is 0. The van der Waals surface area contributed by atoms with Gasteiger partial charge < -0.3 is 40.3 Å². The number of nitrogens with zero attached hydrogens (tertiary/aromatic N) is 8. The van der Waals surface area contributed by atoms with Gasteiger partial charge in [-0.15, -0.1) is 6.42 Å². The molecule has 2 aromatic carbocycles. The maximum Gasteiger partial charge on any atom is 0.268 e. The molecule has 2 atom stereocenters. The lowest BCUT2D eigenvalue weighted by Gasteiger charge is -2.12. The van der Waals surface area contributed by atoms with Crippen LogP contribution in [0.25, 0.3) is 22.8 Å². The molecule has 0 fully saturated rings. The number of aliphatic hydroxyl groups is 2. The number of ether oxygens (including phenoxy) is 2. The summed E-state index contributed by atoms with van der Waals surface area (Å²) >= 11 is 3.13. The van der Waals surface area contributed by atoms with Gasteiger partial charge in [-0.1, -0.05) is 17.8 Å². The molecule has 0 spiro atoms. The molecule has 0 aliphatic carbocycles. The first kappa shape index (κ1) is 39.7. The molecule has 8 rings (SSSR count). The Morgan fingerprint density at radius 3 is 1.81 bits per heavy atom. The molecule has 6 aromatic rings. The minimum Gasteiger partial charge on any atom is -0.491 e. The number of hydrogen-bond acceptors (Lipinski definition) is 12. The lowest BCUT2D eigenvalue weighted by Crippen LogP contribution is -2.20. The molecule has 2 amide bonds. The predicted octanol–water partition coefficient (Wildman–Crippen LogP) is 2.15. The Morgan fingerprint density at radius 2 is 1.33 bits per heavy atom. The number of carbonyl (C=O) groups is 2. The van der Waals surface area contributed by atoms with E-state index in [-0.39, 0.29) is 41.0 Å². The van der Waals surface area contributed by atoms with Crippen molar-refractivity contribution in [2.45, 2.75) is 38.1 Å². The highest BCUT2D eigenvalue weighted by Crippen LogP contribution is 2.36. The second kappa shape index (κ2) is 16.0. The lowest BCUT2D eigenvalue weighted by molar-refractivity contribution is 0.0987. The second-order valence-electron chi connectivity index (χ2n) is 12.5. The standard InChI is InChI=1S/C18H15FN6O3.C12H9BrFN3O2.C6H7N3O/c1-18(27,17-21-9-22-24-17)3-2-10-6-11-14(7-12(10)19)28-5-4-25-8-13(15(20)26)23-16(11)25;13-7-3-6-10(4-8(7)14)19-2-1-17-5-9(11(15)18)16-12(6)17;1-3-6(2,10)5-7-4-8-9-5/h6-9,27H,4-5H2,1H3,(H2,20,26)(H,21,22,24);3-5H,1-2H2,(H2,15,18);1,4,10H,2H3,(H,7,8,9). The molecule has 0 bridgehead atoms. The van der Waals surface area contributed by atoms with Crippen LogP contribution in [-0.2, 0) is 24.3 Å². The zero-order chi connectivity index (χ0) is 41.1. The molecule has 2 aliphatic heterocycles. The number of amides is 2. The number of nitrogens with one attached hydrogen (secondary N) is 2. The maximum atomic E-state index is 14.5. The van der Waals surface area contributed by atoms with E-state index in [0.717, 1.165) is 0 Å². The maximum absolute atomic E-state index is 14.5. The van der Waals surface area contributed by atoms with Gasteiger partial charge in [0.1, 0.15) is 72.0 Å². The van der Waals surface area contributed by atoms with Crippen LogP contribution in [0.2, 0.25) is 0 Å².